The Morgan fingerprint density at radius 3 is 1.24 bits per heavy atom. The molecule has 0 aromatic heterocycles. The molecule has 152 valence electrons. The van der Waals surface area contributed by atoms with Crippen molar-refractivity contribution in [1.82, 2.24) is 6.15 Å². The van der Waals surface area contributed by atoms with Crippen molar-refractivity contribution in [2.24, 2.45) is 0 Å². The Bertz CT molecular complexity index is 487. The summed E-state index contributed by atoms with van der Waals surface area (Å²) >= 11 is 0. The SMILES string of the molecule is N.O=C(O)OC(F)(F)C(F)(F)C(F)(F)OC(F)(F)C(F)(F)C(F)(F)F. The van der Waals surface area contributed by atoms with Gasteiger partial charge < -0.3 is 16.0 Å². The third kappa shape index (κ3) is 4.47. The zero-order chi connectivity index (χ0) is 20.0. The highest BCUT2D eigenvalue weighted by Gasteiger charge is 2.83. The van der Waals surface area contributed by atoms with Crippen molar-refractivity contribution in [3.8, 4) is 0 Å². The summed E-state index contributed by atoms with van der Waals surface area (Å²) in [4.78, 5) is 9.63. The number of hydrogen-bond acceptors (Lipinski definition) is 4. The summed E-state index contributed by atoms with van der Waals surface area (Å²) in [5.41, 5.74) is 0. The van der Waals surface area contributed by atoms with Crippen LogP contribution in [0.5, 0.6) is 0 Å². The molecule has 4 N–H and O–H groups in total. The molecule has 5 nitrogen and oxygen atoms in total. The van der Waals surface area contributed by atoms with Crippen molar-refractivity contribution >= 4 is 6.16 Å². The molecule has 0 saturated heterocycles. The third-order valence-corrected chi connectivity index (χ3v) is 1.92. The van der Waals surface area contributed by atoms with Crippen LogP contribution in [0.15, 0.2) is 0 Å². The molecular formula is C7H4F13NO4. The Hall–Kier alpha value is -1.72. The van der Waals surface area contributed by atoms with E-state index in [1.54, 1.807) is 0 Å². The first kappa shape index (κ1) is 25.5. The van der Waals surface area contributed by atoms with E-state index in [4.69, 9.17) is 5.11 Å². The summed E-state index contributed by atoms with van der Waals surface area (Å²) in [7, 11) is 0. The average Bonchev–Trinajstić information content (AvgIpc) is 2.22. The quantitative estimate of drug-likeness (QED) is 0.496. The first-order valence-electron chi connectivity index (χ1n) is 4.70. The smallest absolute Gasteiger partial charge is 0.450 e. The Morgan fingerprint density at radius 2 is 0.960 bits per heavy atom. The molecule has 0 aliphatic carbocycles. The molecule has 0 radical (unpaired) electrons. The monoisotopic (exact) mass is 413 g/mol. The van der Waals surface area contributed by atoms with Gasteiger partial charge in [0.1, 0.15) is 0 Å². The van der Waals surface area contributed by atoms with E-state index in [0.29, 0.717) is 0 Å². The van der Waals surface area contributed by atoms with Crippen LogP contribution in [0.2, 0.25) is 0 Å². The lowest BCUT2D eigenvalue weighted by Gasteiger charge is -2.34. The molecular weight excluding hydrogens is 409 g/mol. The second-order valence-corrected chi connectivity index (χ2v) is 3.67. The average molecular weight is 413 g/mol. The van der Waals surface area contributed by atoms with Gasteiger partial charge >= 0.3 is 42.5 Å². The van der Waals surface area contributed by atoms with Crippen LogP contribution in [0.4, 0.5) is 61.9 Å². The lowest BCUT2D eigenvalue weighted by molar-refractivity contribution is -0.519. The number of rotatable bonds is 6. The highest BCUT2D eigenvalue weighted by Crippen LogP contribution is 2.53. The Morgan fingerprint density at radius 1 is 0.640 bits per heavy atom. The van der Waals surface area contributed by atoms with Gasteiger partial charge in [0.15, 0.2) is 0 Å². The molecule has 0 spiro atoms. The van der Waals surface area contributed by atoms with E-state index in [9.17, 15) is 61.9 Å². The first-order chi connectivity index (χ1) is 10.1. The van der Waals surface area contributed by atoms with Crippen LogP contribution in [-0.4, -0.2) is 47.6 Å². The molecule has 0 fully saturated rings. The minimum atomic E-state index is -7.50. The lowest BCUT2D eigenvalue weighted by atomic mass is 10.2. The van der Waals surface area contributed by atoms with Crippen LogP contribution in [0.25, 0.3) is 0 Å². The van der Waals surface area contributed by atoms with Gasteiger partial charge in [-0.2, -0.15) is 57.1 Å². The van der Waals surface area contributed by atoms with Gasteiger partial charge in [0.25, 0.3) is 0 Å². The minimum Gasteiger partial charge on any atom is -0.450 e. The van der Waals surface area contributed by atoms with Gasteiger partial charge in [0.05, 0.1) is 0 Å². The predicted molar refractivity (Wildman–Crippen MR) is 46.0 cm³/mol. The fourth-order valence-corrected chi connectivity index (χ4v) is 0.797. The van der Waals surface area contributed by atoms with Crippen LogP contribution in [0, 0.1) is 0 Å². The van der Waals surface area contributed by atoms with E-state index >= 15 is 0 Å². The third-order valence-electron chi connectivity index (χ3n) is 1.92. The molecule has 0 bridgehead atoms. The van der Waals surface area contributed by atoms with Gasteiger partial charge in [0, 0.05) is 0 Å². The van der Waals surface area contributed by atoms with Gasteiger partial charge in [-0.1, -0.05) is 0 Å². The van der Waals surface area contributed by atoms with Gasteiger partial charge in [0.2, 0.25) is 0 Å². The second-order valence-electron chi connectivity index (χ2n) is 3.67. The summed E-state index contributed by atoms with van der Waals surface area (Å²) in [5.74, 6) is -14.9. The lowest BCUT2D eigenvalue weighted by Crippen LogP contribution is -2.63. The molecule has 0 unspecified atom stereocenters. The Balaban J connectivity index is 0. The number of carboxylic acid groups (broad SMARTS) is 1. The molecule has 0 rings (SSSR count). The fraction of sp³-hybridized carbons (Fsp3) is 0.857. The van der Waals surface area contributed by atoms with Gasteiger partial charge in [-0.3, -0.25) is 0 Å². The van der Waals surface area contributed by atoms with Crippen molar-refractivity contribution in [2.45, 2.75) is 36.3 Å². The number of carbonyl (C=O) groups is 1. The number of ether oxygens (including phenoxy) is 2. The molecule has 0 aliphatic heterocycles. The fourth-order valence-electron chi connectivity index (χ4n) is 0.797. The highest BCUT2D eigenvalue weighted by atomic mass is 19.4. The summed E-state index contributed by atoms with van der Waals surface area (Å²) in [6.07, 6.45) is -32.4. The summed E-state index contributed by atoms with van der Waals surface area (Å²) in [6.45, 7) is 0. The maximum atomic E-state index is 12.7. The van der Waals surface area contributed by atoms with Gasteiger partial charge in [-0.25, -0.2) is 9.53 Å². The van der Waals surface area contributed by atoms with Crippen molar-refractivity contribution in [1.29, 1.82) is 0 Å². The van der Waals surface area contributed by atoms with Crippen LogP contribution < -0.4 is 6.15 Å². The van der Waals surface area contributed by atoms with Crippen LogP contribution >= 0.6 is 0 Å². The first-order valence-corrected chi connectivity index (χ1v) is 4.70. The molecule has 0 saturated carbocycles. The van der Waals surface area contributed by atoms with E-state index in [1.165, 1.54) is 4.74 Å². The van der Waals surface area contributed by atoms with Gasteiger partial charge in [-0.05, 0) is 0 Å². The van der Waals surface area contributed by atoms with E-state index in [0.717, 1.165) is 0 Å². The molecule has 0 atom stereocenters. The predicted octanol–water partition coefficient (Wildman–Crippen LogP) is 4.47. The molecule has 0 aromatic rings. The molecule has 0 aromatic carbocycles. The van der Waals surface area contributed by atoms with Gasteiger partial charge in [-0.15, -0.1) is 0 Å². The summed E-state index contributed by atoms with van der Waals surface area (Å²) in [5, 5.41) is 7.61. The van der Waals surface area contributed by atoms with Crippen LogP contribution in [0.1, 0.15) is 0 Å². The maximum absolute atomic E-state index is 12.7. The molecule has 0 heterocycles. The van der Waals surface area contributed by atoms with Crippen LogP contribution in [0.3, 0.4) is 0 Å². The Kier molecular flexibility index (Phi) is 6.67. The standard InChI is InChI=1S/C7HF13O4.H3N/c8-2(9,4(12,13)14)6(17,18)24-7(19,20)3(10,11)5(15,16)23-1(21)22;/h(H,21,22);1H3. The van der Waals surface area contributed by atoms with Crippen molar-refractivity contribution in [3.05, 3.63) is 0 Å². The maximum Gasteiger partial charge on any atom is 0.510 e. The van der Waals surface area contributed by atoms with Crippen molar-refractivity contribution < 1.29 is 76.5 Å². The van der Waals surface area contributed by atoms with E-state index in [-0.39, 0.29) is 6.15 Å². The topological polar surface area (TPSA) is 90.8 Å². The zero-order valence-corrected chi connectivity index (χ0v) is 10.8. The molecule has 18 heteroatoms. The van der Waals surface area contributed by atoms with E-state index < -0.39 is 42.5 Å². The van der Waals surface area contributed by atoms with E-state index in [1.807, 2.05) is 4.74 Å². The van der Waals surface area contributed by atoms with E-state index in [2.05, 4.69) is 0 Å². The largest absolute Gasteiger partial charge is 0.510 e. The van der Waals surface area contributed by atoms with Crippen molar-refractivity contribution in [3.63, 3.8) is 0 Å². The molecule has 0 aliphatic rings. The highest BCUT2D eigenvalue weighted by molar-refractivity contribution is 5.57. The number of hydrogen-bond donors (Lipinski definition) is 2. The number of alkyl halides is 13. The van der Waals surface area contributed by atoms with Crippen LogP contribution in [-0.2, 0) is 9.47 Å². The normalized spacial score (nSPS) is 14.8. The summed E-state index contributed by atoms with van der Waals surface area (Å²) < 4.78 is 163. The Labute approximate surface area is 126 Å². The zero-order valence-electron chi connectivity index (χ0n) is 10.8. The minimum absolute atomic E-state index is 0. The second kappa shape index (κ2) is 6.54. The molecule has 0 amide bonds. The summed E-state index contributed by atoms with van der Waals surface area (Å²) in [6, 6.07) is 0. The number of halogens is 13. The molecule has 25 heavy (non-hydrogen) atoms. The van der Waals surface area contributed by atoms with Crippen molar-refractivity contribution in [2.75, 3.05) is 0 Å².